The molecule has 0 aromatic heterocycles. The number of nitrogen functional groups attached to an aromatic ring is 3. The predicted octanol–water partition coefficient (Wildman–Crippen LogP) is 14.0. The highest BCUT2D eigenvalue weighted by Crippen LogP contribution is 2.53. The Morgan fingerprint density at radius 3 is 0.692 bits per heavy atom. The van der Waals surface area contributed by atoms with E-state index in [1.807, 2.05) is 182 Å². The fourth-order valence-electron chi connectivity index (χ4n) is 7.94. The van der Waals surface area contributed by atoms with Crippen molar-refractivity contribution in [2.45, 2.75) is 0 Å². The van der Waals surface area contributed by atoms with Gasteiger partial charge in [0.1, 0.15) is 0 Å². The number of phosphoric acid groups is 1. The van der Waals surface area contributed by atoms with Crippen LogP contribution in [-0.4, -0.2) is 0 Å². The Morgan fingerprint density at radius 1 is 0.277 bits per heavy atom. The highest BCUT2D eigenvalue weighted by Gasteiger charge is 2.33. The summed E-state index contributed by atoms with van der Waals surface area (Å²) in [5, 5.41) is 0. The van der Waals surface area contributed by atoms with Gasteiger partial charge in [-0.15, -0.1) is 0 Å². The Bertz CT molecular complexity index is 2760. The van der Waals surface area contributed by atoms with Gasteiger partial charge < -0.3 is 17.2 Å². The smallest absolute Gasteiger partial charge is 0.398 e. The quantitative estimate of drug-likeness (QED) is 0.0333. The molecule has 0 radical (unpaired) electrons. The molecule has 0 amide bonds. The van der Waals surface area contributed by atoms with Gasteiger partial charge in [-0.25, -0.2) is 4.57 Å². The van der Waals surface area contributed by atoms with Crippen molar-refractivity contribution in [1.29, 1.82) is 0 Å². The number of hydrogen-bond acceptors (Lipinski definition) is 10. The molecular weight excluding hydrogens is 828 g/mol. The van der Waals surface area contributed by atoms with Crippen LogP contribution in [0, 0.1) is 0 Å². The van der Waals surface area contributed by atoms with Crippen LogP contribution >= 0.6 is 7.82 Å². The molecule has 0 aliphatic heterocycles. The van der Waals surface area contributed by atoms with E-state index in [0.717, 1.165) is 50.1 Å². The molecule has 9 N–H and O–H groups in total. The van der Waals surface area contributed by atoms with Gasteiger partial charge >= 0.3 is 7.82 Å². The van der Waals surface area contributed by atoms with Gasteiger partial charge in [-0.05, 0) is 69.8 Å². The maximum absolute atomic E-state index is 15.4. The molecule has 0 saturated carbocycles. The van der Waals surface area contributed by atoms with Gasteiger partial charge in [0.25, 0.3) is 0 Å². The summed E-state index contributed by atoms with van der Waals surface area (Å²) in [5.74, 6) is 0. The minimum atomic E-state index is -4.77. The van der Waals surface area contributed by atoms with E-state index in [9.17, 15) is 0 Å². The minimum Gasteiger partial charge on any atom is -0.398 e. The summed E-state index contributed by atoms with van der Waals surface area (Å²) in [6, 6.07) is 69.2. The fraction of sp³-hybridized carbons (Fsp3) is 0. The summed E-state index contributed by atoms with van der Waals surface area (Å²) >= 11 is 0. The van der Waals surface area contributed by atoms with Crippen molar-refractivity contribution in [1.82, 2.24) is 0 Å². The average Bonchev–Trinajstić information content (AvgIpc) is 3.36. The number of anilines is 6. The van der Waals surface area contributed by atoms with Gasteiger partial charge in [-0.2, -0.15) is 13.9 Å². The first-order chi connectivity index (χ1) is 31.9. The zero-order valence-electron chi connectivity index (χ0n) is 35.1. The standard InChI is InChI=1S/C54H45N6O4P/c55-43-31-34-46(52(40-25-13-4-14-26-40)49(43)37-19-7-1-8-20-37)58-62-65(61,63-59-47-35-32-44(56)50(38-21-9-2-10-22-38)53(47)41-27-15-5-16-28-41)64-60-48-36-33-45(57)51(39-23-11-3-12-24-39)54(48)42-29-17-6-18-30-42/h1-36,58-60H,55-57H2. The first-order valence-electron chi connectivity index (χ1n) is 20.9. The van der Waals surface area contributed by atoms with Gasteiger partial charge in [0.15, 0.2) is 0 Å². The maximum atomic E-state index is 15.4. The Balaban J connectivity index is 1.14. The van der Waals surface area contributed by atoms with Gasteiger partial charge in [-0.3, -0.25) is 16.4 Å². The summed E-state index contributed by atoms with van der Waals surface area (Å²) in [5.41, 5.74) is 41.5. The van der Waals surface area contributed by atoms with Crippen molar-refractivity contribution < 1.29 is 18.4 Å². The van der Waals surface area contributed by atoms with Crippen LogP contribution in [0.15, 0.2) is 218 Å². The van der Waals surface area contributed by atoms with Crippen molar-refractivity contribution in [3.8, 4) is 66.8 Å². The number of hydrogen-bond donors (Lipinski definition) is 6. The summed E-state index contributed by atoms with van der Waals surface area (Å²) in [6.45, 7) is 0. The second-order valence-electron chi connectivity index (χ2n) is 15.1. The zero-order chi connectivity index (χ0) is 44.6. The molecule has 0 aliphatic rings. The lowest BCUT2D eigenvalue weighted by Crippen LogP contribution is -2.13. The van der Waals surface area contributed by atoms with Crippen LogP contribution < -0.4 is 33.6 Å². The Kier molecular flexibility index (Phi) is 12.4. The first-order valence-corrected chi connectivity index (χ1v) is 22.4. The van der Waals surface area contributed by atoms with Crippen molar-refractivity contribution in [3.63, 3.8) is 0 Å². The zero-order valence-corrected chi connectivity index (χ0v) is 36.0. The average molecular weight is 873 g/mol. The van der Waals surface area contributed by atoms with Crippen molar-refractivity contribution >= 4 is 41.9 Å². The molecule has 65 heavy (non-hydrogen) atoms. The van der Waals surface area contributed by atoms with Crippen LogP contribution in [0.1, 0.15) is 0 Å². The minimum absolute atomic E-state index is 0.448. The third-order valence-electron chi connectivity index (χ3n) is 10.9. The van der Waals surface area contributed by atoms with Crippen LogP contribution in [0.5, 0.6) is 0 Å². The summed E-state index contributed by atoms with van der Waals surface area (Å²) in [4.78, 5) is 0. The summed E-state index contributed by atoms with van der Waals surface area (Å²) < 4.78 is 33.9. The molecule has 0 spiro atoms. The van der Waals surface area contributed by atoms with E-state index in [-0.39, 0.29) is 0 Å². The lowest BCUT2D eigenvalue weighted by atomic mass is 9.92. The number of nitrogens with one attached hydrogen (secondary N) is 3. The Labute approximate surface area is 377 Å². The number of nitrogens with two attached hydrogens (primary N) is 3. The van der Waals surface area contributed by atoms with E-state index in [2.05, 4.69) is 16.4 Å². The number of benzene rings is 9. The van der Waals surface area contributed by atoms with Crippen LogP contribution in [0.25, 0.3) is 66.8 Å². The molecule has 10 nitrogen and oxygen atoms in total. The summed E-state index contributed by atoms with van der Waals surface area (Å²) in [7, 11) is -4.77. The predicted molar refractivity (Wildman–Crippen MR) is 267 cm³/mol. The van der Waals surface area contributed by atoms with Crippen LogP contribution in [0.4, 0.5) is 34.1 Å². The van der Waals surface area contributed by atoms with E-state index in [1.54, 1.807) is 36.4 Å². The van der Waals surface area contributed by atoms with Crippen LogP contribution in [-0.2, 0) is 18.4 Å². The Morgan fingerprint density at radius 2 is 0.477 bits per heavy atom. The topological polar surface area (TPSA) is 159 Å². The maximum Gasteiger partial charge on any atom is 0.539 e. The van der Waals surface area contributed by atoms with E-state index in [0.29, 0.717) is 50.8 Å². The molecule has 9 aromatic carbocycles. The van der Waals surface area contributed by atoms with Crippen LogP contribution in [0.2, 0.25) is 0 Å². The first kappa shape index (κ1) is 42.2. The second-order valence-corrected chi connectivity index (χ2v) is 16.5. The molecule has 0 atom stereocenters. The summed E-state index contributed by atoms with van der Waals surface area (Å²) in [6.07, 6.45) is 0. The lowest BCUT2D eigenvalue weighted by Gasteiger charge is -2.24. The third-order valence-corrected chi connectivity index (χ3v) is 11.8. The molecule has 320 valence electrons. The van der Waals surface area contributed by atoms with Crippen molar-refractivity contribution in [2.75, 3.05) is 33.6 Å². The number of rotatable bonds is 15. The third kappa shape index (κ3) is 9.19. The molecule has 9 rings (SSSR count). The molecule has 0 heterocycles. The highest BCUT2D eigenvalue weighted by atomic mass is 31.2. The van der Waals surface area contributed by atoms with E-state index in [4.69, 9.17) is 31.1 Å². The van der Waals surface area contributed by atoms with E-state index >= 15 is 4.57 Å². The molecule has 0 aliphatic carbocycles. The normalized spacial score (nSPS) is 11.2. The molecule has 9 aromatic rings. The monoisotopic (exact) mass is 872 g/mol. The van der Waals surface area contributed by atoms with E-state index < -0.39 is 7.82 Å². The molecule has 0 bridgehead atoms. The fourth-order valence-corrected chi connectivity index (χ4v) is 8.69. The lowest BCUT2D eigenvalue weighted by molar-refractivity contribution is 0.174. The molecule has 0 saturated heterocycles. The van der Waals surface area contributed by atoms with Crippen molar-refractivity contribution in [3.05, 3.63) is 218 Å². The second kappa shape index (κ2) is 19.1. The van der Waals surface area contributed by atoms with Crippen LogP contribution in [0.3, 0.4) is 0 Å². The molecule has 0 unspecified atom stereocenters. The molecular formula is C54H45N6O4P. The van der Waals surface area contributed by atoms with E-state index in [1.165, 1.54) is 0 Å². The van der Waals surface area contributed by atoms with Crippen molar-refractivity contribution in [2.24, 2.45) is 0 Å². The van der Waals surface area contributed by atoms with Gasteiger partial charge in [-0.1, -0.05) is 182 Å². The largest absolute Gasteiger partial charge is 0.539 e. The van der Waals surface area contributed by atoms with Gasteiger partial charge in [0, 0.05) is 50.4 Å². The van der Waals surface area contributed by atoms with Gasteiger partial charge in [0.2, 0.25) is 0 Å². The Hall–Kier alpha value is -8.11. The molecule has 0 fully saturated rings. The SMILES string of the molecule is Nc1ccc(NOP(=O)(ONc2ccc(N)c(-c3ccccc3)c2-c2ccccc2)ONc2ccc(N)c(-c3ccccc3)c2-c2ccccc2)c(-c2ccccc2)c1-c1ccccc1. The molecule has 11 heteroatoms. The van der Waals surface area contributed by atoms with Gasteiger partial charge in [0.05, 0.1) is 17.1 Å². The highest BCUT2D eigenvalue weighted by molar-refractivity contribution is 7.48.